The zero-order chi connectivity index (χ0) is 29.9. The predicted octanol–water partition coefficient (Wildman–Crippen LogP) is 7.93. The highest BCUT2D eigenvalue weighted by atomic mass is 31.2. The van der Waals surface area contributed by atoms with E-state index in [1.807, 2.05) is 21.1 Å². The van der Waals surface area contributed by atoms with E-state index in [-0.39, 0.29) is 17.9 Å². The van der Waals surface area contributed by atoms with Crippen molar-refractivity contribution >= 4 is 7.60 Å². The van der Waals surface area contributed by atoms with E-state index in [1.54, 1.807) is 0 Å². The molecular weight excluding hydrogens is 517 g/mol. The molecule has 0 aliphatic heterocycles. The molecule has 40 heavy (non-hydrogen) atoms. The fourth-order valence-electron chi connectivity index (χ4n) is 11.8. The fourth-order valence-corrected chi connectivity index (χ4v) is 13.3. The number of aliphatic hydroxyl groups is 1. The Balaban J connectivity index is 1.61. The summed E-state index contributed by atoms with van der Waals surface area (Å²) in [5, 5.41) is 10.2. The van der Waals surface area contributed by atoms with E-state index < -0.39 is 12.9 Å². The lowest BCUT2D eigenvalue weighted by atomic mass is 9.41. The van der Waals surface area contributed by atoms with Crippen molar-refractivity contribution in [2.75, 3.05) is 27.7 Å². The van der Waals surface area contributed by atoms with Crippen LogP contribution in [0.4, 0.5) is 0 Å². The minimum Gasteiger partial charge on any atom is -0.373 e. The van der Waals surface area contributed by atoms with Gasteiger partial charge in [-0.3, -0.25) is 4.57 Å². The van der Waals surface area contributed by atoms with Crippen LogP contribution in [0.3, 0.4) is 0 Å². The number of likely N-dealkylation sites (N-methyl/N-ethyl adjacent to an activating group) is 1. The molecule has 3 unspecified atom stereocenters. The molecule has 234 valence electrons. The third-order valence-electron chi connectivity index (χ3n) is 13.8. The molecule has 4 fully saturated rings. The Hall–Kier alpha value is 0.0700. The van der Waals surface area contributed by atoms with Gasteiger partial charge < -0.3 is 19.4 Å². The molecular formula is C34H65NO4P+. The largest absolute Gasteiger partial charge is 0.373 e. The molecule has 0 aromatic carbocycles. The minimum atomic E-state index is -4.75. The zero-order valence-electron chi connectivity index (χ0n) is 27.5. The summed E-state index contributed by atoms with van der Waals surface area (Å²) < 4.78 is 13.5. The SMILES string of the molecule is CC[C@H](CC[C@@H](C)[C@H]1CC[C@H]2[C@@H]3CCC4CCCC(C(O)(C[N+](C)(C)C)P(=O)(O)O)[C@]4(C)[C@H]3CC[C@]12C)C(C)C. The summed E-state index contributed by atoms with van der Waals surface area (Å²) in [5.74, 6) is 5.06. The fraction of sp³-hybridized carbons (Fsp3) is 1.00. The van der Waals surface area contributed by atoms with Gasteiger partial charge in [-0.1, -0.05) is 60.8 Å². The summed E-state index contributed by atoms with van der Waals surface area (Å²) in [6.45, 7) is 14.7. The molecule has 0 saturated heterocycles. The highest BCUT2D eigenvalue weighted by molar-refractivity contribution is 7.53. The summed E-state index contributed by atoms with van der Waals surface area (Å²) in [6.07, 6.45) is 14.3. The maximum absolute atomic E-state index is 13.2. The second kappa shape index (κ2) is 11.5. The monoisotopic (exact) mass is 582 g/mol. The minimum absolute atomic E-state index is 0.0947. The van der Waals surface area contributed by atoms with Gasteiger partial charge in [-0.25, -0.2) is 0 Å². The molecule has 3 N–H and O–H groups in total. The van der Waals surface area contributed by atoms with Crippen LogP contribution in [0.1, 0.15) is 119 Å². The van der Waals surface area contributed by atoms with Crippen LogP contribution in [0.25, 0.3) is 0 Å². The summed E-state index contributed by atoms with van der Waals surface area (Å²) in [7, 11) is 1.09. The van der Waals surface area contributed by atoms with E-state index in [1.165, 1.54) is 44.9 Å². The van der Waals surface area contributed by atoms with Gasteiger partial charge in [0.15, 0.2) is 0 Å². The smallest absolute Gasteiger partial charge is 0.363 e. The maximum atomic E-state index is 13.2. The number of hydrogen-bond acceptors (Lipinski definition) is 2. The van der Waals surface area contributed by atoms with Crippen LogP contribution in [-0.4, -0.2) is 52.4 Å². The van der Waals surface area contributed by atoms with E-state index in [4.69, 9.17) is 0 Å². The molecule has 0 bridgehead atoms. The van der Waals surface area contributed by atoms with Gasteiger partial charge in [0.2, 0.25) is 5.34 Å². The van der Waals surface area contributed by atoms with E-state index in [9.17, 15) is 19.5 Å². The number of rotatable bonds is 10. The van der Waals surface area contributed by atoms with Crippen molar-refractivity contribution in [1.82, 2.24) is 0 Å². The topological polar surface area (TPSA) is 77.8 Å². The predicted molar refractivity (Wildman–Crippen MR) is 166 cm³/mol. The van der Waals surface area contributed by atoms with Crippen molar-refractivity contribution in [3.8, 4) is 0 Å². The summed E-state index contributed by atoms with van der Waals surface area (Å²) in [6, 6.07) is 0. The Morgan fingerprint density at radius 3 is 2.17 bits per heavy atom. The van der Waals surface area contributed by atoms with Crippen LogP contribution in [-0.2, 0) is 4.57 Å². The van der Waals surface area contributed by atoms with E-state index in [0.717, 1.165) is 55.8 Å². The number of quaternary nitrogens is 1. The molecule has 5 nitrogen and oxygen atoms in total. The highest BCUT2D eigenvalue weighted by Gasteiger charge is 2.68. The van der Waals surface area contributed by atoms with Gasteiger partial charge in [0.25, 0.3) is 0 Å². The second-order valence-corrected chi connectivity index (χ2v) is 18.9. The van der Waals surface area contributed by atoms with Gasteiger partial charge in [-0.2, -0.15) is 0 Å². The van der Waals surface area contributed by atoms with Gasteiger partial charge in [-0.05, 0) is 116 Å². The van der Waals surface area contributed by atoms with Crippen molar-refractivity contribution < 1.29 is 23.9 Å². The molecule has 4 aliphatic rings. The van der Waals surface area contributed by atoms with Crippen LogP contribution in [0, 0.1) is 64.1 Å². The molecule has 4 saturated carbocycles. The van der Waals surface area contributed by atoms with E-state index in [0.29, 0.717) is 33.6 Å². The van der Waals surface area contributed by atoms with Gasteiger partial charge in [0, 0.05) is 5.92 Å². The summed E-state index contributed by atoms with van der Waals surface area (Å²) >= 11 is 0. The average molecular weight is 583 g/mol. The lowest BCUT2D eigenvalue weighted by molar-refractivity contribution is -0.876. The van der Waals surface area contributed by atoms with Crippen molar-refractivity contribution in [2.45, 2.75) is 124 Å². The Kier molecular flexibility index (Phi) is 9.51. The molecule has 4 aliphatic carbocycles. The van der Waals surface area contributed by atoms with Crippen molar-refractivity contribution in [2.24, 2.45) is 64.1 Å². The molecule has 0 aromatic rings. The first-order chi connectivity index (χ1) is 18.4. The zero-order valence-corrected chi connectivity index (χ0v) is 28.4. The number of hydrogen-bond donors (Lipinski definition) is 3. The van der Waals surface area contributed by atoms with Crippen LogP contribution < -0.4 is 0 Å². The lowest BCUT2D eigenvalue weighted by Gasteiger charge is -2.65. The standard InChI is InChI=1S/C34H64NO4P/c1-10-25(23(2)3)15-14-24(4)28-18-19-29-27-17-16-26-12-11-13-31(33(26,6)30(27)20-21-32(28,29)5)34(36,40(37,38)39)22-35(7,8)9/h23-31,36H,10-22H2,1-9H3,(H-,37,38,39)/p+1/t24-,25-,26?,27+,28-,29+,30+,31?,32-,33+,34?/m1/s1. The molecule has 0 heterocycles. The molecule has 0 amide bonds. The molecule has 0 aromatic heterocycles. The summed E-state index contributed by atoms with van der Waals surface area (Å²) in [4.78, 5) is 21.5. The van der Waals surface area contributed by atoms with Crippen molar-refractivity contribution in [1.29, 1.82) is 0 Å². The van der Waals surface area contributed by atoms with Crippen LogP contribution in [0.5, 0.6) is 0 Å². The maximum Gasteiger partial charge on any atom is 0.363 e. The van der Waals surface area contributed by atoms with Crippen LogP contribution in [0.2, 0.25) is 0 Å². The van der Waals surface area contributed by atoms with Gasteiger partial charge in [0.1, 0.15) is 6.54 Å². The second-order valence-electron chi connectivity index (χ2n) is 17.1. The van der Waals surface area contributed by atoms with Crippen molar-refractivity contribution in [3.05, 3.63) is 0 Å². The highest BCUT2D eigenvalue weighted by Crippen LogP contribution is 2.72. The Morgan fingerprint density at radius 2 is 1.60 bits per heavy atom. The van der Waals surface area contributed by atoms with Crippen LogP contribution >= 0.6 is 7.60 Å². The van der Waals surface area contributed by atoms with Gasteiger partial charge in [-0.15, -0.1) is 0 Å². The van der Waals surface area contributed by atoms with Gasteiger partial charge >= 0.3 is 7.60 Å². The first-order valence-electron chi connectivity index (χ1n) is 17.0. The molecule has 6 heteroatoms. The van der Waals surface area contributed by atoms with E-state index >= 15 is 0 Å². The third kappa shape index (κ3) is 5.67. The van der Waals surface area contributed by atoms with Crippen molar-refractivity contribution in [3.63, 3.8) is 0 Å². The molecule has 11 atom stereocenters. The Morgan fingerprint density at radius 1 is 0.925 bits per heavy atom. The van der Waals surface area contributed by atoms with Gasteiger partial charge in [0.05, 0.1) is 21.1 Å². The first-order valence-corrected chi connectivity index (χ1v) is 18.6. The molecule has 0 spiro atoms. The van der Waals surface area contributed by atoms with Crippen LogP contribution in [0.15, 0.2) is 0 Å². The van der Waals surface area contributed by atoms with E-state index in [2.05, 4.69) is 41.5 Å². The lowest BCUT2D eigenvalue weighted by Crippen LogP contribution is -2.63. The Bertz CT molecular complexity index is 927. The third-order valence-corrected chi connectivity index (χ3v) is 15.2. The quantitative estimate of drug-likeness (QED) is 0.181. The molecule has 4 rings (SSSR count). The number of fused-ring (bicyclic) bond motifs is 5. The molecule has 0 radical (unpaired) electrons. The normalized spacial score (nSPS) is 41.5. The Labute approximate surface area is 247 Å². The number of nitrogens with zero attached hydrogens (tertiary/aromatic N) is 1. The average Bonchev–Trinajstić information content (AvgIpc) is 3.19. The first kappa shape index (κ1) is 33.0. The summed E-state index contributed by atoms with van der Waals surface area (Å²) in [5.41, 5.74) is 0.165.